The molecule has 4 nitrogen and oxygen atoms in total. The van der Waals surface area contributed by atoms with E-state index in [0.717, 1.165) is 46.9 Å². The third-order valence-electron chi connectivity index (χ3n) is 5.87. The Morgan fingerprint density at radius 1 is 1.07 bits per heavy atom. The fourth-order valence-electron chi connectivity index (χ4n) is 4.42. The Hall–Kier alpha value is -1.92. The lowest BCUT2D eigenvalue weighted by Crippen LogP contribution is -2.33. The van der Waals surface area contributed by atoms with Crippen molar-refractivity contribution in [2.45, 2.75) is 62.4 Å². The number of hydrogen-bond donors (Lipinski definition) is 1. The molecule has 2 aliphatic rings. The highest BCUT2D eigenvalue weighted by atomic mass is 32.2. The standard InChI is InChI=1S/C23H25N3OS2/c27-19(24-16-10-4-5-11-16)14-28-22-20-17-12-6-7-13-18(17)29-23(20)26-21(25-22)15-8-2-1-3-9-15/h1-3,8-9,16H,4-7,10-14H2,(H,24,27). The highest BCUT2D eigenvalue weighted by molar-refractivity contribution is 8.00. The first kappa shape index (κ1) is 19.1. The van der Waals surface area contributed by atoms with Gasteiger partial charge in [-0.15, -0.1) is 11.3 Å². The van der Waals surface area contributed by atoms with E-state index in [9.17, 15) is 4.79 Å². The van der Waals surface area contributed by atoms with Gasteiger partial charge in [0.15, 0.2) is 5.82 Å². The molecule has 2 aromatic heterocycles. The van der Waals surface area contributed by atoms with Gasteiger partial charge in [0.25, 0.3) is 0 Å². The van der Waals surface area contributed by atoms with Crippen LogP contribution in [0.1, 0.15) is 49.0 Å². The van der Waals surface area contributed by atoms with Crippen molar-refractivity contribution in [3.8, 4) is 11.4 Å². The minimum Gasteiger partial charge on any atom is -0.353 e. The molecule has 3 aromatic rings. The Morgan fingerprint density at radius 3 is 2.69 bits per heavy atom. The van der Waals surface area contributed by atoms with Crippen LogP contribution in [0.3, 0.4) is 0 Å². The number of thiophene rings is 1. The molecule has 6 heteroatoms. The molecular weight excluding hydrogens is 398 g/mol. The molecule has 1 fully saturated rings. The van der Waals surface area contributed by atoms with Gasteiger partial charge in [-0.05, 0) is 44.1 Å². The summed E-state index contributed by atoms with van der Waals surface area (Å²) >= 11 is 3.39. The van der Waals surface area contributed by atoms with Gasteiger partial charge in [0.2, 0.25) is 5.91 Å². The second-order valence-electron chi connectivity index (χ2n) is 7.95. The molecule has 1 amide bonds. The molecule has 0 aliphatic heterocycles. The van der Waals surface area contributed by atoms with E-state index in [4.69, 9.17) is 9.97 Å². The van der Waals surface area contributed by atoms with Gasteiger partial charge < -0.3 is 5.32 Å². The van der Waals surface area contributed by atoms with Crippen LogP contribution in [0.25, 0.3) is 21.6 Å². The van der Waals surface area contributed by atoms with E-state index in [2.05, 4.69) is 17.4 Å². The van der Waals surface area contributed by atoms with Crippen LogP contribution < -0.4 is 5.32 Å². The molecule has 2 aliphatic carbocycles. The van der Waals surface area contributed by atoms with E-state index in [1.54, 1.807) is 11.8 Å². The summed E-state index contributed by atoms with van der Waals surface area (Å²) in [4.78, 5) is 24.9. The van der Waals surface area contributed by atoms with Gasteiger partial charge in [0.1, 0.15) is 9.86 Å². The molecule has 5 rings (SSSR count). The molecule has 150 valence electrons. The van der Waals surface area contributed by atoms with Crippen molar-refractivity contribution in [2.24, 2.45) is 0 Å². The van der Waals surface area contributed by atoms with Gasteiger partial charge in [-0.25, -0.2) is 9.97 Å². The second-order valence-corrected chi connectivity index (χ2v) is 9.99. The van der Waals surface area contributed by atoms with Gasteiger partial charge in [-0.2, -0.15) is 0 Å². The van der Waals surface area contributed by atoms with Crippen LogP contribution in [-0.4, -0.2) is 27.7 Å². The maximum absolute atomic E-state index is 12.5. The Labute approximate surface area is 179 Å². The van der Waals surface area contributed by atoms with Gasteiger partial charge in [0, 0.05) is 21.9 Å². The van der Waals surface area contributed by atoms with Crippen LogP contribution in [0.2, 0.25) is 0 Å². The summed E-state index contributed by atoms with van der Waals surface area (Å²) in [6.07, 6.45) is 9.41. The number of carbonyl (C=O) groups excluding carboxylic acids is 1. The van der Waals surface area contributed by atoms with Crippen LogP contribution >= 0.6 is 23.1 Å². The van der Waals surface area contributed by atoms with E-state index < -0.39 is 0 Å². The fourth-order valence-corrected chi connectivity index (χ4v) is 6.61. The number of carbonyl (C=O) groups is 1. The average molecular weight is 424 g/mol. The molecule has 0 radical (unpaired) electrons. The Balaban J connectivity index is 1.47. The van der Waals surface area contributed by atoms with Crippen molar-refractivity contribution < 1.29 is 4.79 Å². The van der Waals surface area contributed by atoms with Crippen molar-refractivity contribution in [1.29, 1.82) is 0 Å². The minimum absolute atomic E-state index is 0.124. The molecule has 2 heterocycles. The summed E-state index contributed by atoms with van der Waals surface area (Å²) in [6.45, 7) is 0. The molecule has 0 bridgehead atoms. The van der Waals surface area contributed by atoms with Gasteiger partial charge in [-0.3, -0.25) is 4.79 Å². The third-order valence-corrected chi connectivity index (χ3v) is 8.03. The summed E-state index contributed by atoms with van der Waals surface area (Å²) in [7, 11) is 0. The normalized spacial score (nSPS) is 16.8. The van der Waals surface area contributed by atoms with E-state index in [-0.39, 0.29) is 5.91 Å². The number of nitrogens with one attached hydrogen (secondary N) is 1. The van der Waals surface area contributed by atoms with Gasteiger partial charge in [-0.1, -0.05) is 54.9 Å². The van der Waals surface area contributed by atoms with Crippen molar-refractivity contribution in [3.05, 3.63) is 40.8 Å². The van der Waals surface area contributed by atoms with E-state index in [1.807, 2.05) is 29.5 Å². The van der Waals surface area contributed by atoms with Crippen LogP contribution in [-0.2, 0) is 17.6 Å². The lowest BCUT2D eigenvalue weighted by Gasteiger charge is -2.13. The summed E-state index contributed by atoms with van der Waals surface area (Å²) in [6, 6.07) is 10.5. The number of benzene rings is 1. The van der Waals surface area contributed by atoms with E-state index in [0.29, 0.717) is 11.8 Å². The van der Waals surface area contributed by atoms with Crippen LogP contribution in [0.15, 0.2) is 35.4 Å². The van der Waals surface area contributed by atoms with Crippen LogP contribution in [0.4, 0.5) is 0 Å². The highest BCUT2D eigenvalue weighted by Gasteiger charge is 2.23. The minimum atomic E-state index is 0.124. The Morgan fingerprint density at radius 2 is 1.86 bits per heavy atom. The quantitative estimate of drug-likeness (QED) is 0.442. The highest BCUT2D eigenvalue weighted by Crippen LogP contribution is 2.40. The molecule has 0 atom stereocenters. The fraction of sp³-hybridized carbons (Fsp3) is 0.435. The molecule has 0 unspecified atom stereocenters. The average Bonchev–Trinajstić information content (AvgIpc) is 3.39. The van der Waals surface area contributed by atoms with Crippen LogP contribution in [0, 0.1) is 0 Å². The number of amides is 1. The van der Waals surface area contributed by atoms with Crippen molar-refractivity contribution in [3.63, 3.8) is 0 Å². The second kappa shape index (κ2) is 8.44. The number of hydrogen-bond acceptors (Lipinski definition) is 5. The van der Waals surface area contributed by atoms with Gasteiger partial charge in [0.05, 0.1) is 5.75 Å². The zero-order valence-electron chi connectivity index (χ0n) is 16.4. The summed E-state index contributed by atoms with van der Waals surface area (Å²) < 4.78 is 0. The molecule has 0 spiro atoms. The van der Waals surface area contributed by atoms with E-state index >= 15 is 0 Å². The molecule has 1 saturated carbocycles. The van der Waals surface area contributed by atoms with Crippen molar-refractivity contribution in [1.82, 2.24) is 15.3 Å². The van der Waals surface area contributed by atoms with E-state index in [1.165, 1.54) is 41.5 Å². The van der Waals surface area contributed by atoms with Crippen molar-refractivity contribution in [2.75, 3.05) is 5.75 Å². The predicted octanol–water partition coefficient (Wildman–Crippen LogP) is 5.39. The molecule has 1 N–H and O–H groups in total. The lowest BCUT2D eigenvalue weighted by molar-refractivity contribution is -0.119. The monoisotopic (exact) mass is 423 g/mol. The smallest absolute Gasteiger partial charge is 0.230 e. The first-order chi connectivity index (χ1) is 14.3. The maximum Gasteiger partial charge on any atom is 0.230 e. The van der Waals surface area contributed by atoms with Crippen LogP contribution in [0.5, 0.6) is 0 Å². The number of aryl methyl sites for hydroxylation is 2. The first-order valence-corrected chi connectivity index (χ1v) is 12.4. The lowest BCUT2D eigenvalue weighted by atomic mass is 9.97. The largest absolute Gasteiger partial charge is 0.353 e. The molecule has 1 aromatic carbocycles. The topological polar surface area (TPSA) is 54.9 Å². The number of nitrogens with zero attached hydrogens (tertiary/aromatic N) is 2. The third kappa shape index (κ3) is 4.05. The first-order valence-electron chi connectivity index (χ1n) is 10.6. The number of aromatic nitrogens is 2. The zero-order valence-corrected chi connectivity index (χ0v) is 18.1. The Kier molecular flexibility index (Phi) is 5.55. The molecule has 0 saturated heterocycles. The zero-order chi connectivity index (χ0) is 19.6. The summed E-state index contributed by atoms with van der Waals surface area (Å²) in [5.41, 5.74) is 2.45. The summed E-state index contributed by atoms with van der Waals surface area (Å²) in [5, 5.41) is 5.36. The number of fused-ring (bicyclic) bond motifs is 3. The Bertz CT molecular complexity index is 1030. The SMILES string of the molecule is O=C(CSc1nc(-c2ccccc2)nc2sc3c(c12)CCCC3)NC1CCCC1. The number of rotatable bonds is 5. The van der Waals surface area contributed by atoms with Crippen molar-refractivity contribution >= 4 is 39.2 Å². The number of thioether (sulfide) groups is 1. The predicted molar refractivity (Wildman–Crippen MR) is 121 cm³/mol. The maximum atomic E-state index is 12.5. The molecular formula is C23H25N3OS2. The van der Waals surface area contributed by atoms with Gasteiger partial charge >= 0.3 is 0 Å². The summed E-state index contributed by atoms with van der Waals surface area (Å²) in [5.74, 6) is 1.30. The molecule has 29 heavy (non-hydrogen) atoms.